The van der Waals surface area contributed by atoms with Gasteiger partial charge in [0.25, 0.3) is 0 Å². The van der Waals surface area contributed by atoms with Gasteiger partial charge in [0.2, 0.25) is 0 Å². The summed E-state index contributed by atoms with van der Waals surface area (Å²) in [6.45, 7) is 0. The van der Waals surface area contributed by atoms with Gasteiger partial charge in [-0.1, -0.05) is 48.5 Å². The molecule has 2 heterocycles. The number of carboxylic acid groups (broad SMARTS) is 1. The predicted molar refractivity (Wildman–Crippen MR) is 141 cm³/mol. The number of amidine groups is 1. The van der Waals surface area contributed by atoms with Gasteiger partial charge in [0.15, 0.2) is 0 Å². The van der Waals surface area contributed by atoms with Crippen LogP contribution in [0.1, 0.15) is 22.7 Å². The Bertz CT molecular complexity index is 1680. The number of nitrogens with zero attached hydrogens (tertiary/aromatic N) is 3. The molecule has 0 aliphatic carbocycles. The van der Waals surface area contributed by atoms with Crippen LogP contribution in [0, 0.1) is 0 Å². The minimum absolute atomic E-state index is 0.225. The zero-order valence-corrected chi connectivity index (χ0v) is 21.5. The molecule has 0 bridgehead atoms. The molecule has 9 nitrogen and oxygen atoms in total. The second-order valence-corrected chi connectivity index (χ2v) is 10.1. The maximum absolute atomic E-state index is 11.4. The highest BCUT2D eigenvalue weighted by atomic mass is 32.2. The van der Waals surface area contributed by atoms with E-state index in [1.807, 2.05) is 48.5 Å². The summed E-state index contributed by atoms with van der Waals surface area (Å²) in [5.41, 5.74) is 13.1. The zero-order chi connectivity index (χ0) is 29.1. The molecule has 0 spiro atoms. The lowest BCUT2D eigenvalue weighted by Gasteiger charge is -2.14. The van der Waals surface area contributed by atoms with Crippen LogP contribution in [-0.2, 0) is 14.9 Å². The van der Waals surface area contributed by atoms with Crippen molar-refractivity contribution in [2.75, 3.05) is 6.26 Å². The molecule has 1 aliphatic rings. The summed E-state index contributed by atoms with van der Waals surface area (Å²) in [7, 11) is -3.58. The van der Waals surface area contributed by atoms with Crippen molar-refractivity contribution in [3.63, 3.8) is 0 Å². The smallest absolute Gasteiger partial charge is 0.475 e. The van der Waals surface area contributed by atoms with Gasteiger partial charge in [-0.2, -0.15) is 21.6 Å². The SMILES string of the molecule is CS(=O)(=O)Oc1ccc(-c2cccc3c2C(N)=NC3c2cccc(-c3cncnc3)c2)cc1.O=C(O)C(F)(F)F. The van der Waals surface area contributed by atoms with Crippen LogP contribution in [0.25, 0.3) is 22.3 Å². The molecule has 0 saturated carbocycles. The number of aliphatic carboxylic acids is 1. The van der Waals surface area contributed by atoms with Gasteiger partial charge in [-0.3, -0.25) is 4.99 Å². The number of alkyl halides is 3. The number of carboxylic acids is 1. The Hall–Kier alpha value is -4.78. The van der Waals surface area contributed by atoms with Gasteiger partial charge in [-0.15, -0.1) is 0 Å². The fraction of sp³-hybridized carbons (Fsp3) is 0.111. The number of aromatic nitrogens is 2. The second-order valence-electron chi connectivity index (χ2n) is 8.55. The first kappa shape index (κ1) is 28.2. The van der Waals surface area contributed by atoms with Gasteiger partial charge in [0, 0.05) is 23.5 Å². The maximum atomic E-state index is 11.4. The van der Waals surface area contributed by atoms with Gasteiger partial charge >= 0.3 is 22.3 Å². The van der Waals surface area contributed by atoms with Crippen molar-refractivity contribution in [1.82, 2.24) is 9.97 Å². The van der Waals surface area contributed by atoms with E-state index in [1.54, 1.807) is 24.5 Å². The van der Waals surface area contributed by atoms with Crippen LogP contribution in [0.15, 0.2) is 90.4 Å². The molecule has 13 heteroatoms. The number of nitrogens with two attached hydrogens (primary N) is 1. The van der Waals surface area contributed by atoms with Crippen molar-refractivity contribution >= 4 is 21.9 Å². The largest absolute Gasteiger partial charge is 0.490 e. The molecule has 0 radical (unpaired) electrons. The number of carbonyl (C=O) groups is 1. The molecular weight excluding hydrogens is 549 g/mol. The highest BCUT2D eigenvalue weighted by molar-refractivity contribution is 7.86. The molecule has 0 fully saturated rings. The van der Waals surface area contributed by atoms with Crippen molar-refractivity contribution in [2.24, 2.45) is 10.7 Å². The number of hydrogen-bond acceptors (Lipinski definition) is 8. The Kier molecular flexibility index (Phi) is 7.86. The molecule has 1 unspecified atom stereocenters. The standard InChI is InChI=1S/C25H20N4O3S.C2HF3O2/c1-33(30,31)32-20-10-8-16(9-11-20)21-6-3-7-22-23(21)25(26)29-24(22)18-5-2-4-17(12-18)19-13-27-15-28-14-19;3-2(4,5)1(6)7/h2-15,24H,1H3,(H2,26,29);(H,6,7). The Morgan fingerprint density at radius 1 is 0.950 bits per heavy atom. The van der Waals surface area contributed by atoms with Crippen molar-refractivity contribution in [1.29, 1.82) is 0 Å². The minimum Gasteiger partial charge on any atom is -0.475 e. The lowest BCUT2D eigenvalue weighted by molar-refractivity contribution is -0.192. The third-order valence-electron chi connectivity index (χ3n) is 5.67. The Balaban J connectivity index is 0.000000470. The fourth-order valence-corrected chi connectivity index (χ4v) is 4.51. The van der Waals surface area contributed by atoms with Gasteiger partial charge < -0.3 is 15.0 Å². The minimum atomic E-state index is -5.08. The van der Waals surface area contributed by atoms with Gasteiger partial charge in [-0.25, -0.2) is 14.8 Å². The normalized spacial score (nSPS) is 14.4. The third-order valence-corrected chi connectivity index (χ3v) is 6.16. The molecule has 40 heavy (non-hydrogen) atoms. The highest BCUT2D eigenvalue weighted by Gasteiger charge is 2.38. The van der Waals surface area contributed by atoms with E-state index < -0.39 is 22.3 Å². The lowest BCUT2D eigenvalue weighted by Crippen LogP contribution is -2.21. The summed E-state index contributed by atoms with van der Waals surface area (Å²) in [4.78, 5) is 21.9. The molecule has 4 aromatic rings. The van der Waals surface area contributed by atoms with E-state index in [-0.39, 0.29) is 11.8 Å². The monoisotopic (exact) mass is 570 g/mol. The molecule has 0 saturated heterocycles. The molecule has 1 aliphatic heterocycles. The molecular formula is C27H21F3N4O5S. The second kappa shape index (κ2) is 11.1. The molecule has 3 N–H and O–H groups in total. The molecule has 206 valence electrons. The van der Waals surface area contributed by atoms with Crippen molar-refractivity contribution in [3.05, 3.63) is 102 Å². The summed E-state index contributed by atoms with van der Waals surface area (Å²) >= 11 is 0. The lowest BCUT2D eigenvalue weighted by atomic mass is 9.90. The average molecular weight is 571 g/mol. The van der Waals surface area contributed by atoms with Gasteiger partial charge in [0.05, 0.1) is 6.26 Å². The van der Waals surface area contributed by atoms with E-state index in [0.29, 0.717) is 5.84 Å². The van der Waals surface area contributed by atoms with Crippen LogP contribution in [0.3, 0.4) is 0 Å². The molecule has 5 rings (SSSR count). The van der Waals surface area contributed by atoms with E-state index in [2.05, 4.69) is 16.0 Å². The number of halogens is 3. The number of hydrogen-bond donors (Lipinski definition) is 2. The Labute approximate surface area is 227 Å². The first-order valence-corrected chi connectivity index (χ1v) is 13.3. The summed E-state index contributed by atoms with van der Waals surface area (Å²) in [6.07, 6.45) is 0.998. The number of aliphatic imine (C=N–C) groups is 1. The summed E-state index contributed by atoms with van der Waals surface area (Å²) in [5.74, 6) is -2.03. The highest BCUT2D eigenvalue weighted by Crippen LogP contribution is 2.40. The first-order chi connectivity index (χ1) is 18.8. The quantitative estimate of drug-likeness (QED) is 0.332. The van der Waals surface area contributed by atoms with Gasteiger partial charge in [0.1, 0.15) is 24.0 Å². The Morgan fingerprint density at radius 3 is 2.17 bits per heavy atom. The van der Waals surface area contributed by atoms with Crippen LogP contribution in [0.4, 0.5) is 13.2 Å². The average Bonchev–Trinajstić information content (AvgIpc) is 3.25. The fourth-order valence-electron chi connectivity index (χ4n) is 4.05. The van der Waals surface area contributed by atoms with Crippen LogP contribution in [-0.4, -0.2) is 47.7 Å². The van der Waals surface area contributed by atoms with Crippen LogP contribution in [0.2, 0.25) is 0 Å². The van der Waals surface area contributed by atoms with Crippen molar-refractivity contribution in [2.45, 2.75) is 12.2 Å². The van der Waals surface area contributed by atoms with E-state index in [9.17, 15) is 21.6 Å². The number of fused-ring (bicyclic) bond motifs is 1. The topological polar surface area (TPSA) is 145 Å². The molecule has 3 aromatic carbocycles. The van der Waals surface area contributed by atoms with Crippen LogP contribution in [0.5, 0.6) is 5.75 Å². The number of benzene rings is 3. The van der Waals surface area contributed by atoms with E-state index in [4.69, 9.17) is 24.8 Å². The third kappa shape index (κ3) is 6.61. The van der Waals surface area contributed by atoms with E-state index >= 15 is 0 Å². The van der Waals surface area contributed by atoms with Crippen molar-refractivity contribution < 1.29 is 35.7 Å². The van der Waals surface area contributed by atoms with Gasteiger partial charge in [-0.05, 0) is 46.0 Å². The van der Waals surface area contributed by atoms with Crippen LogP contribution >= 0.6 is 0 Å². The Morgan fingerprint density at radius 2 is 1.57 bits per heavy atom. The predicted octanol–water partition coefficient (Wildman–Crippen LogP) is 4.59. The molecule has 1 aromatic heterocycles. The summed E-state index contributed by atoms with van der Waals surface area (Å²) in [5, 5.41) is 7.12. The summed E-state index contributed by atoms with van der Waals surface area (Å²) < 4.78 is 59.4. The summed E-state index contributed by atoms with van der Waals surface area (Å²) in [6, 6.07) is 20.8. The van der Waals surface area contributed by atoms with E-state index in [1.165, 1.54) is 6.33 Å². The van der Waals surface area contributed by atoms with Crippen LogP contribution < -0.4 is 9.92 Å². The van der Waals surface area contributed by atoms with Crippen molar-refractivity contribution in [3.8, 4) is 28.0 Å². The number of rotatable bonds is 5. The molecule has 1 atom stereocenters. The first-order valence-electron chi connectivity index (χ1n) is 11.5. The zero-order valence-electron chi connectivity index (χ0n) is 20.7. The van der Waals surface area contributed by atoms with E-state index in [0.717, 1.165) is 45.2 Å². The molecule has 0 amide bonds. The maximum Gasteiger partial charge on any atom is 0.490 e.